The highest BCUT2D eigenvalue weighted by molar-refractivity contribution is 6.00. The number of fused-ring (bicyclic) bond motifs is 1. The van der Waals surface area contributed by atoms with Crippen molar-refractivity contribution in [2.75, 3.05) is 36.6 Å². The fourth-order valence-corrected chi connectivity index (χ4v) is 3.58. The number of nitrogens with two attached hydrogens (primary N) is 1. The molecule has 0 aliphatic carbocycles. The van der Waals surface area contributed by atoms with Crippen molar-refractivity contribution in [3.8, 4) is 5.75 Å². The minimum Gasteiger partial charge on any atom is -0.404 e. The van der Waals surface area contributed by atoms with Crippen LogP contribution in [0.4, 0.5) is 46.4 Å². The SMILES string of the molecule is CN(C)CC(=O)Nc1ccc(OC(F)(F)F)c(Nc2nc(Nc3ccc(F)cc3C(N)=O)c3cc[nH]c3n2)c1. The Morgan fingerprint density at radius 2 is 1.82 bits per heavy atom. The number of nitrogens with one attached hydrogen (secondary N) is 4. The number of nitrogens with zero attached hydrogens (tertiary/aromatic N) is 3. The van der Waals surface area contributed by atoms with Gasteiger partial charge in [-0.3, -0.25) is 9.59 Å². The van der Waals surface area contributed by atoms with Gasteiger partial charge in [-0.2, -0.15) is 9.97 Å². The van der Waals surface area contributed by atoms with Crippen LogP contribution in [0.15, 0.2) is 48.7 Å². The maximum Gasteiger partial charge on any atom is 0.573 e. The van der Waals surface area contributed by atoms with Crippen LogP contribution in [-0.2, 0) is 4.79 Å². The average molecular weight is 546 g/mol. The van der Waals surface area contributed by atoms with E-state index in [-0.39, 0.29) is 46.6 Å². The fraction of sp³-hybridized carbons (Fsp3) is 0.167. The van der Waals surface area contributed by atoms with Crippen molar-refractivity contribution in [2.24, 2.45) is 5.73 Å². The van der Waals surface area contributed by atoms with Gasteiger partial charge in [-0.1, -0.05) is 0 Å². The first-order chi connectivity index (χ1) is 18.4. The number of carbonyl (C=O) groups excluding carboxylic acids is 2. The van der Waals surface area contributed by atoms with Crippen LogP contribution in [0.3, 0.4) is 0 Å². The van der Waals surface area contributed by atoms with E-state index in [2.05, 4.69) is 35.6 Å². The van der Waals surface area contributed by atoms with Gasteiger partial charge in [-0.15, -0.1) is 13.2 Å². The molecule has 0 saturated carbocycles. The van der Waals surface area contributed by atoms with Gasteiger partial charge in [0, 0.05) is 11.9 Å². The molecule has 6 N–H and O–H groups in total. The van der Waals surface area contributed by atoms with E-state index in [1.165, 1.54) is 18.2 Å². The predicted octanol–water partition coefficient (Wildman–Crippen LogP) is 4.08. The molecule has 0 radical (unpaired) electrons. The van der Waals surface area contributed by atoms with E-state index in [1.807, 2.05) is 0 Å². The second-order valence-corrected chi connectivity index (χ2v) is 8.48. The van der Waals surface area contributed by atoms with Crippen LogP contribution in [-0.4, -0.2) is 58.7 Å². The second kappa shape index (κ2) is 10.8. The Kier molecular flexibility index (Phi) is 7.53. The largest absolute Gasteiger partial charge is 0.573 e. The standard InChI is InChI=1S/C24H22F4N8O3/c1-36(2)11-19(37)31-13-4-6-18(39-24(26,27)28)17(10-13)33-23-34-21-14(7-8-30-21)22(35-23)32-16-5-3-12(25)9-15(16)20(29)38/h3-10H,11H2,1-2H3,(H2,29,38)(H,31,37)(H3,30,32,33,34,35). The number of amides is 2. The van der Waals surface area contributed by atoms with Crippen molar-refractivity contribution in [3.05, 3.63) is 60.0 Å². The average Bonchev–Trinajstić information content (AvgIpc) is 3.29. The number of hydrogen-bond donors (Lipinski definition) is 5. The fourth-order valence-electron chi connectivity index (χ4n) is 3.58. The predicted molar refractivity (Wildman–Crippen MR) is 136 cm³/mol. The van der Waals surface area contributed by atoms with Gasteiger partial charge >= 0.3 is 6.36 Å². The number of benzene rings is 2. The van der Waals surface area contributed by atoms with Crippen molar-refractivity contribution < 1.29 is 31.9 Å². The van der Waals surface area contributed by atoms with E-state index in [9.17, 15) is 27.2 Å². The molecule has 2 amide bonds. The highest BCUT2D eigenvalue weighted by Gasteiger charge is 2.32. The molecule has 2 heterocycles. The summed E-state index contributed by atoms with van der Waals surface area (Å²) in [4.78, 5) is 37.1. The van der Waals surface area contributed by atoms with Crippen LogP contribution in [0.1, 0.15) is 10.4 Å². The zero-order valence-corrected chi connectivity index (χ0v) is 20.5. The normalized spacial score (nSPS) is 11.5. The van der Waals surface area contributed by atoms with E-state index < -0.39 is 29.7 Å². The monoisotopic (exact) mass is 546 g/mol. The molecule has 11 nitrogen and oxygen atoms in total. The van der Waals surface area contributed by atoms with Crippen LogP contribution in [0, 0.1) is 5.82 Å². The van der Waals surface area contributed by atoms with Gasteiger partial charge in [0.25, 0.3) is 5.91 Å². The molecule has 4 aromatic rings. The van der Waals surface area contributed by atoms with Gasteiger partial charge < -0.3 is 36.3 Å². The molecule has 0 unspecified atom stereocenters. The Labute approximate surface area is 218 Å². The highest BCUT2D eigenvalue weighted by Crippen LogP contribution is 2.35. The van der Waals surface area contributed by atoms with E-state index in [4.69, 9.17) is 5.73 Å². The summed E-state index contributed by atoms with van der Waals surface area (Å²) in [5.74, 6) is -2.61. The number of carbonyl (C=O) groups is 2. The summed E-state index contributed by atoms with van der Waals surface area (Å²) in [6.07, 6.45) is -3.45. The number of primary amides is 1. The zero-order valence-electron chi connectivity index (χ0n) is 20.5. The van der Waals surface area contributed by atoms with Gasteiger partial charge in [0.05, 0.1) is 28.9 Å². The maximum absolute atomic E-state index is 13.7. The minimum absolute atomic E-state index is 0.0435. The molecule has 15 heteroatoms. The lowest BCUT2D eigenvalue weighted by atomic mass is 10.1. The molecular formula is C24H22F4N8O3. The number of anilines is 5. The van der Waals surface area contributed by atoms with E-state index in [1.54, 1.807) is 31.3 Å². The molecule has 2 aromatic heterocycles. The first-order valence-electron chi connectivity index (χ1n) is 11.2. The number of alkyl halides is 3. The van der Waals surface area contributed by atoms with Crippen LogP contribution in [0.5, 0.6) is 5.75 Å². The molecule has 0 atom stereocenters. The summed E-state index contributed by atoms with van der Waals surface area (Å²) < 4.78 is 57.1. The van der Waals surface area contributed by atoms with Gasteiger partial charge in [0.15, 0.2) is 5.75 Å². The van der Waals surface area contributed by atoms with Crippen LogP contribution in [0.2, 0.25) is 0 Å². The van der Waals surface area contributed by atoms with Crippen molar-refractivity contribution in [2.45, 2.75) is 6.36 Å². The molecular weight excluding hydrogens is 524 g/mol. The van der Waals surface area contributed by atoms with Crippen LogP contribution in [0.25, 0.3) is 11.0 Å². The number of aromatic nitrogens is 3. The number of rotatable bonds is 9. The number of hydrogen-bond acceptors (Lipinski definition) is 8. The molecule has 2 aromatic carbocycles. The topological polar surface area (TPSA) is 150 Å². The lowest BCUT2D eigenvalue weighted by Gasteiger charge is -2.17. The van der Waals surface area contributed by atoms with Crippen LogP contribution < -0.4 is 26.4 Å². The molecule has 4 rings (SSSR count). The molecule has 39 heavy (non-hydrogen) atoms. The third kappa shape index (κ3) is 6.89. The molecule has 0 saturated heterocycles. The number of ether oxygens (including phenoxy) is 1. The van der Waals surface area contributed by atoms with Crippen molar-refractivity contribution >= 4 is 51.7 Å². The molecule has 0 bridgehead atoms. The van der Waals surface area contributed by atoms with Crippen molar-refractivity contribution in [1.82, 2.24) is 19.9 Å². The lowest BCUT2D eigenvalue weighted by Crippen LogP contribution is -2.27. The van der Waals surface area contributed by atoms with Gasteiger partial charge in [0.2, 0.25) is 11.9 Å². The first-order valence-corrected chi connectivity index (χ1v) is 11.2. The Hall–Kier alpha value is -4.92. The highest BCUT2D eigenvalue weighted by atomic mass is 19.4. The summed E-state index contributed by atoms with van der Waals surface area (Å²) >= 11 is 0. The maximum atomic E-state index is 13.7. The molecule has 204 valence electrons. The van der Waals surface area contributed by atoms with Gasteiger partial charge in [-0.05, 0) is 56.6 Å². The summed E-state index contributed by atoms with van der Waals surface area (Å²) in [6.45, 7) is 0.0435. The lowest BCUT2D eigenvalue weighted by molar-refractivity contribution is -0.274. The molecule has 0 aliphatic rings. The Balaban J connectivity index is 1.72. The van der Waals surface area contributed by atoms with E-state index in [0.29, 0.717) is 5.39 Å². The van der Waals surface area contributed by atoms with Crippen molar-refractivity contribution in [1.29, 1.82) is 0 Å². The van der Waals surface area contributed by atoms with Gasteiger partial charge in [0.1, 0.15) is 17.3 Å². The van der Waals surface area contributed by atoms with Crippen LogP contribution >= 0.6 is 0 Å². The zero-order chi connectivity index (χ0) is 28.3. The Morgan fingerprint density at radius 3 is 2.51 bits per heavy atom. The number of halogens is 4. The van der Waals surface area contributed by atoms with E-state index >= 15 is 0 Å². The van der Waals surface area contributed by atoms with E-state index in [0.717, 1.165) is 18.2 Å². The first kappa shape index (κ1) is 27.1. The summed E-state index contributed by atoms with van der Waals surface area (Å²) in [5.41, 5.74) is 5.64. The Morgan fingerprint density at radius 1 is 1.05 bits per heavy atom. The summed E-state index contributed by atoms with van der Waals surface area (Å²) in [5, 5.41) is 8.62. The van der Waals surface area contributed by atoms with Gasteiger partial charge in [-0.25, -0.2) is 4.39 Å². The minimum atomic E-state index is -5.00. The molecule has 0 spiro atoms. The second-order valence-electron chi connectivity index (χ2n) is 8.48. The summed E-state index contributed by atoms with van der Waals surface area (Å²) in [7, 11) is 3.37. The molecule has 0 aliphatic heterocycles. The number of likely N-dealkylation sites (N-methyl/N-ethyl adjacent to an activating group) is 1. The number of aromatic amines is 1. The smallest absolute Gasteiger partial charge is 0.404 e. The van der Waals surface area contributed by atoms with Crippen molar-refractivity contribution in [3.63, 3.8) is 0 Å². The summed E-state index contributed by atoms with van der Waals surface area (Å²) in [6, 6.07) is 8.49. The Bertz CT molecular complexity index is 1540. The quantitative estimate of drug-likeness (QED) is 0.197. The number of H-pyrrole nitrogens is 1. The molecule has 0 fully saturated rings. The third-order valence-corrected chi connectivity index (χ3v) is 5.11. The third-order valence-electron chi connectivity index (χ3n) is 5.11.